The van der Waals surface area contributed by atoms with Crippen molar-refractivity contribution in [3.63, 3.8) is 0 Å². The topological polar surface area (TPSA) is 152 Å². The van der Waals surface area contributed by atoms with E-state index in [2.05, 4.69) is 255 Å². The van der Waals surface area contributed by atoms with Gasteiger partial charge in [0.1, 0.15) is 23.0 Å². The zero-order valence-corrected chi connectivity index (χ0v) is 62.2. The summed E-state index contributed by atoms with van der Waals surface area (Å²) < 4.78 is 27.8. The van der Waals surface area contributed by atoms with Gasteiger partial charge in [-0.2, -0.15) is 0 Å². The number of carbonyl (C=O) groups excluding carboxylic acids is 2. The minimum absolute atomic E-state index is 0.261. The standard InChI is InChI=1S/C98H84N6O6/c1-5-49-107-93-67-25-19-26-68(93)54-72-58-76-60-74(96(72)110-52-8-4)56-70-28-20-27-69(94(70)108-50-6-2)55-73-59-75(57-71(53-67)95(73)109-51-7-3)99-97(105)65-37-33-61(34-38-65)77-29-15-17-31-79(77)91-85-45-41-81(101-85)89(63-21-11-9-12-22-63)83-43-47-87(103-83)92(80-32-18-16-30-78(80)62-35-39-66(40-36-62)98(106)100-76)88-48-44-84(104-88)90(64-23-13-10-14-24-64)82-42-46-86(91)102-82/h9-48,57-60,101,104H,5-8,49-56H2,1-4H3,(H,99,105)(H,100,106). The van der Waals surface area contributed by atoms with Crippen molar-refractivity contribution in [1.82, 2.24) is 19.9 Å². The first-order valence-corrected chi connectivity index (χ1v) is 38.5. The predicted molar refractivity (Wildman–Crippen MR) is 448 cm³/mol. The van der Waals surface area contributed by atoms with Gasteiger partial charge in [-0.05, 0) is 190 Å². The highest BCUT2D eigenvalue weighted by Crippen LogP contribution is 2.46. The fourth-order valence-corrected chi connectivity index (χ4v) is 15.9. The average Bonchev–Trinajstić information content (AvgIpc) is 1.58. The van der Waals surface area contributed by atoms with Crippen molar-refractivity contribution in [2.75, 3.05) is 37.1 Å². The van der Waals surface area contributed by atoms with Gasteiger partial charge in [-0.1, -0.05) is 198 Å². The van der Waals surface area contributed by atoms with E-state index in [9.17, 15) is 0 Å². The molecule has 4 N–H and O–H groups in total. The van der Waals surface area contributed by atoms with Crippen LogP contribution in [0.1, 0.15) is 141 Å². The van der Waals surface area contributed by atoms with Crippen LogP contribution < -0.4 is 29.6 Å². The van der Waals surface area contributed by atoms with Crippen LogP contribution in [0.25, 0.3) is 113 Å². The van der Waals surface area contributed by atoms with E-state index in [1.54, 1.807) is 0 Å². The van der Waals surface area contributed by atoms with Gasteiger partial charge in [0.05, 0.1) is 49.2 Å². The van der Waals surface area contributed by atoms with Gasteiger partial charge in [-0.3, -0.25) is 9.59 Å². The second-order valence-corrected chi connectivity index (χ2v) is 28.5. The lowest BCUT2D eigenvalue weighted by molar-refractivity contribution is 0.101. The Labute approximate surface area is 641 Å². The highest BCUT2D eigenvalue weighted by Gasteiger charge is 2.27. The van der Waals surface area contributed by atoms with Gasteiger partial charge < -0.3 is 39.5 Å². The van der Waals surface area contributed by atoms with Crippen LogP contribution in [-0.4, -0.2) is 58.2 Å². The fourth-order valence-electron chi connectivity index (χ4n) is 15.9. The monoisotopic (exact) mass is 1440 g/mol. The largest absolute Gasteiger partial charge is 0.493 e. The molecule has 1 aliphatic carbocycles. The summed E-state index contributed by atoms with van der Waals surface area (Å²) in [4.78, 5) is 49.8. The first kappa shape index (κ1) is 70.0. The van der Waals surface area contributed by atoms with E-state index in [0.717, 1.165) is 205 Å². The van der Waals surface area contributed by atoms with E-state index in [-0.39, 0.29) is 11.8 Å². The Morgan fingerprint density at radius 3 is 0.891 bits per heavy atom. The molecule has 542 valence electrons. The van der Waals surface area contributed by atoms with Gasteiger partial charge in [-0.25, -0.2) is 9.97 Å². The maximum Gasteiger partial charge on any atom is 0.255 e. The molecule has 0 fully saturated rings. The minimum Gasteiger partial charge on any atom is -0.493 e. The van der Waals surface area contributed by atoms with Gasteiger partial charge in [0.15, 0.2) is 0 Å². The lowest BCUT2D eigenvalue weighted by atomic mass is 9.90. The zero-order valence-electron chi connectivity index (χ0n) is 62.2. The molecule has 10 aromatic carbocycles. The molecule has 12 heterocycles. The van der Waals surface area contributed by atoms with Crippen LogP contribution in [-0.2, 0) is 25.7 Å². The molecule has 2 amide bonds. The van der Waals surface area contributed by atoms with E-state index in [1.165, 1.54) is 0 Å². The van der Waals surface area contributed by atoms with Gasteiger partial charge in [0, 0.05) is 115 Å². The smallest absolute Gasteiger partial charge is 0.255 e. The number of benzene rings is 10. The van der Waals surface area contributed by atoms with Crippen LogP contribution in [0.3, 0.4) is 0 Å². The third-order valence-electron chi connectivity index (χ3n) is 20.9. The molecule has 12 heteroatoms. The Bertz CT molecular complexity index is 5500. The number of para-hydroxylation sites is 2. The van der Waals surface area contributed by atoms with Crippen molar-refractivity contribution >= 4 is 69.6 Å². The normalized spacial score (nSPS) is 12.8. The second kappa shape index (κ2) is 31.0. The van der Waals surface area contributed by atoms with E-state index in [1.807, 2.05) is 60.7 Å². The van der Waals surface area contributed by atoms with Crippen molar-refractivity contribution < 1.29 is 28.5 Å². The lowest BCUT2D eigenvalue weighted by Crippen LogP contribution is -2.14. The number of nitrogens with zero attached hydrogens (tertiary/aromatic N) is 2. The molecule has 10 aliphatic rings. The maximum absolute atomic E-state index is 15.2. The molecule has 110 heavy (non-hydrogen) atoms. The Balaban J connectivity index is 0.920. The van der Waals surface area contributed by atoms with Crippen molar-refractivity contribution in [3.05, 3.63) is 321 Å². The predicted octanol–water partition coefficient (Wildman–Crippen LogP) is 23.3. The van der Waals surface area contributed by atoms with Crippen LogP contribution in [0, 0.1) is 0 Å². The summed E-state index contributed by atoms with van der Waals surface area (Å²) in [5.41, 5.74) is 27.5. The molecule has 9 aliphatic heterocycles. The summed E-state index contributed by atoms with van der Waals surface area (Å²) in [6, 6.07) is 83.2. The number of aromatic amines is 2. The summed E-state index contributed by atoms with van der Waals surface area (Å²) in [6.07, 6.45) is 13.3. The summed E-state index contributed by atoms with van der Waals surface area (Å²) in [5.74, 6) is 2.54. The minimum atomic E-state index is -0.261. The highest BCUT2D eigenvalue weighted by molar-refractivity contribution is 6.07. The van der Waals surface area contributed by atoms with Crippen LogP contribution in [0.15, 0.2) is 243 Å². The molecule has 13 aromatic rings. The Hall–Kier alpha value is -13.1. The first-order valence-electron chi connectivity index (χ1n) is 38.5. The number of ether oxygens (including phenoxy) is 4. The number of amides is 2. The number of H-pyrrole nitrogens is 2. The summed E-state index contributed by atoms with van der Waals surface area (Å²) in [6.45, 7) is 10.4. The maximum atomic E-state index is 15.2. The summed E-state index contributed by atoms with van der Waals surface area (Å²) in [7, 11) is 0. The third kappa shape index (κ3) is 14.0. The Morgan fingerprint density at radius 1 is 0.282 bits per heavy atom. The molecule has 0 unspecified atom stereocenters. The average molecular weight is 1440 g/mol. The molecule has 0 radical (unpaired) electrons. The quantitative estimate of drug-likeness (QED) is 0.0840. The summed E-state index contributed by atoms with van der Waals surface area (Å²) >= 11 is 0. The molecule has 3 aromatic heterocycles. The number of hydrogen-bond donors (Lipinski definition) is 4. The number of carbonyl (C=O) groups is 2. The van der Waals surface area contributed by atoms with Crippen LogP contribution in [0.2, 0.25) is 0 Å². The highest BCUT2D eigenvalue weighted by atomic mass is 16.5. The summed E-state index contributed by atoms with van der Waals surface area (Å²) in [5, 5.41) is 6.80. The molecule has 0 atom stereocenters. The van der Waals surface area contributed by atoms with Crippen LogP contribution in [0.4, 0.5) is 11.4 Å². The van der Waals surface area contributed by atoms with E-state index < -0.39 is 0 Å². The number of nitrogens with one attached hydrogen (secondary N) is 4. The molecule has 0 spiro atoms. The number of hydrogen-bond acceptors (Lipinski definition) is 8. The zero-order chi connectivity index (χ0) is 74.6. The van der Waals surface area contributed by atoms with Gasteiger partial charge >= 0.3 is 0 Å². The Kier molecular flexibility index (Phi) is 19.7. The second-order valence-electron chi connectivity index (χ2n) is 28.5. The fraction of sp³-hybridized carbons (Fsp3) is 0.163. The van der Waals surface area contributed by atoms with E-state index >= 15 is 9.59 Å². The number of aromatic nitrogens is 4. The Morgan fingerprint density at radius 2 is 0.564 bits per heavy atom. The number of fused-ring (bicyclic) bond motifs is 4. The van der Waals surface area contributed by atoms with Crippen molar-refractivity contribution in [1.29, 1.82) is 0 Å². The number of anilines is 2. The van der Waals surface area contributed by atoms with Crippen molar-refractivity contribution in [3.8, 4) is 89.8 Å². The van der Waals surface area contributed by atoms with E-state index in [4.69, 9.17) is 28.9 Å². The molecule has 24 bridgehead atoms. The van der Waals surface area contributed by atoms with Gasteiger partial charge in [0.25, 0.3) is 11.8 Å². The molecule has 0 saturated heterocycles. The van der Waals surface area contributed by atoms with Gasteiger partial charge in [-0.15, -0.1) is 0 Å². The number of rotatable bonds is 14. The van der Waals surface area contributed by atoms with E-state index in [0.29, 0.717) is 74.6 Å². The third-order valence-corrected chi connectivity index (χ3v) is 20.9. The van der Waals surface area contributed by atoms with Crippen molar-refractivity contribution in [2.24, 2.45) is 0 Å². The van der Waals surface area contributed by atoms with Crippen LogP contribution >= 0.6 is 0 Å². The first-order chi connectivity index (χ1) is 54.1. The molecular formula is C98H84N6O6. The SMILES string of the molecule is CCCOc1c2cccc1Cc1cc3cc(c1OCCC)Cc1cccc(c1OCCC)Cc1cc(cc(c1OCCC)C2)NC(=O)c1ccc(cc1)-c1ccccc1-c1c2nc(c(-c4ccccc4)c4ccc([nH]4)c(c4nc(c(-c5ccccc5)c5ccc1[nH]5)C=C4)-c1ccccc1-c1ccc(cc1)C(=O)N3)C=C2. The molecular weight excluding hydrogens is 1360 g/mol. The van der Waals surface area contributed by atoms with Crippen molar-refractivity contribution in [2.45, 2.75) is 79.1 Å². The lowest BCUT2D eigenvalue weighted by Gasteiger charge is -2.24. The molecule has 12 nitrogen and oxygen atoms in total. The molecule has 23 rings (SSSR count). The molecule has 0 saturated carbocycles. The van der Waals surface area contributed by atoms with Crippen LogP contribution in [0.5, 0.6) is 23.0 Å². The van der Waals surface area contributed by atoms with Gasteiger partial charge in [0.2, 0.25) is 0 Å².